The lowest BCUT2D eigenvalue weighted by Gasteiger charge is -2.03. The molecule has 0 fully saturated rings. The molecule has 0 aliphatic carbocycles. The van der Waals surface area contributed by atoms with E-state index in [0.717, 1.165) is 11.7 Å². The predicted molar refractivity (Wildman–Crippen MR) is 53.2 cm³/mol. The van der Waals surface area contributed by atoms with Gasteiger partial charge in [-0.3, -0.25) is 0 Å². The SMILES string of the molecule is CNC(=S)NCCCI. The van der Waals surface area contributed by atoms with Crippen molar-refractivity contribution in [3.05, 3.63) is 0 Å². The fraction of sp³-hybridized carbons (Fsp3) is 0.800. The average molecular weight is 258 g/mol. The summed E-state index contributed by atoms with van der Waals surface area (Å²) in [6.45, 7) is 0.975. The van der Waals surface area contributed by atoms with Crippen molar-refractivity contribution in [3.8, 4) is 0 Å². The van der Waals surface area contributed by atoms with E-state index in [9.17, 15) is 0 Å². The summed E-state index contributed by atoms with van der Waals surface area (Å²) < 4.78 is 1.18. The Labute approximate surface area is 74.9 Å². The Morgan fingerprint density at radius 1 is 1.67 bits per heavy atom. The van der Waals surface area contributed by atoms with Crippen LogP contribution in [-0.4, -0.2) is 23.1 Å². The third kappa shape index (κ3) is 6.30. The van der Waals surface area contributed by atoms with Crippen LogP contribution in [0.2, 0.25) is 0 Å². The van der Waals surface area contributed by atoms with Crippen LogP contribution in [0.5, 0.6) is 0 Å². The summed E-state index contributed by atoms with van der Waals surface area (Å²) in [6, 6.07) is 0. The summed E-state index contributed by atoms with van der Waals surface area (Å²) in [7, 11) is 1.82. The quantitative estimate of drug-likeness (QED) is 0.340. The smallest absolute Gasteiger partial charge is 0.166 e. The minimum Gasteiger partial charge on any atom is -0.366 e. The van der Waals surface area contributed by atoms with Gasteiger partial charge in [0.15, 0.2) is 5.11 Å². The molecular weight excluding hydrogens is 247 g/mol. The molecule has 0 aromatic carbocycles. The molecule has 0 bridgehead atoms. The Morgan fingerprint density at radius 3 is 2.78 bits per heavy atom. The monoisotopic (exact) mass is 258 g/mol. The van der Waals surface area contributed by atoms with E-state index in [1.807, 2.05) is 7.05 Å². The highest BCUT2D eigenvalue weighted by atomic mass is 127. The molecule has 0 radical (unpaired) electrons. The van der Waals surface area contributed by atoms with Gasteiger partial charge >= 0.3 is 0 Å². The Hall–Kier alpha value is 0.420. The van der Waals surface area contributed by atoms with Crippen LogP contribution in [-0.2, 0) is 0 Å². The minimum atomic E-state index is 0.736. The van der Waals surface area contributed by atoms with Crippen LogP contribution in [0.25, 0.3) is 0 Å². The maximum absolute atomic E-state index is 4.84. The molecule has 2 N–H and O–H groups in total. The van der Waals surface area contributed by atoms with Crippen LogP contribution >= 0.6 is 34.8 Å². The fourth-order valence-corrected chi connectivity index (χ4v) is 0.841. The van der Waals surface area contributed by atoms with Gasteiger partial charge in [-0.25, -0.2) is 0 Å². The Morgan fingerprint density at radius 2 is 2.33 bits per heavy atom. The molecule has 0 aromatic rings. The van der Waals surface area contributed by atoms with Crippen LogP contribution in [0.4, 0.5) is 0 Å². The molecule has 0 unspecified atom stereocenters. The maximum atomic E-state index is 4.84. The van der Waals surface area contributed by atoms with Crippen LogP contribution in [0.3, 0.4) is 0 Å². The standard InChI is InChI=1S/C5H11IN2S/c1-7-5(9)8-4-2-3-6/h2-4H2,1H3,(H2,7,8,9). The summed E-state index contributed by atoms with van der Waals surface area (Å²) >= 11 is 7.19. The fourth-order valence-electron chi connectivity index (χ4n) is 0.357. The summed E-state index contributed by atoms with van der Waals surface area (Å²) in [5, 5.41) is 6.63. The van der Waals surface area contributed by atoms with Crippen molar-refractivity contribution in [2.45, 2.75) is 6.42 Å². The van der Waals surface area contributed by atoms with Crippen molar-refractivity contribution in [1.29, 1.82) is 0 Å². The van der Waals surface area contributed by atoms with E-state index in [2.05, 4.69) is 33.2 Å². The number of nitrogens with one attached hydrogen (secondary N) is 2. The van der Waals surface area contributed by atoms with Crippen molar-refractivity contribution in [2.24, 2.45) is 0 Å². The molecule has 2 nitrogen and oxygen atoms in total. The molecule has 0 rings (SSSR count). The highest BCUT2D eigenvalue weighted by Crippen LogP contribution is 1.84. The Bertz CT molecular complexity index is 87.0. The molecule has 0 heterocycles. The van der Waals surface area contributed by atoms with Crippen LogP contribution in [0.1, 0.15) is 6.42 Å². The highest BCUT2D eigenvalue weighted by Gasteiger charge is 1.87. The Balaban J connectivity index is 2.97. The lowest BCUT2D eigenvalue weighted by Crippen LogP contribution is -2.33. The summed E-state index contributed by atoms with van der Waals surface area (Å²) in [6.07, 6.45) is 1.17. The molecule has 0 spiro atoms. The van der Waals surface area contributed by atoms with Crippen molar-refractivity contribution in [3.63, 3.8) is 0 Å². The molecule has 0 aliphatic rings. The van der Waals surface area contributed by atoms with E-state index in [1.165, 1.54) is 10.8 Å². The Kier molecular flexibility index (Phi) is 6.84. The number of rotatable bonds is 3. The zero-order valence-corrected chi connectivity index (χ0v) is 8.38. The third-order valence-corrected chi connectivity index (χ3v) is 1.93. The predicted octanol–water partition coefficient (Wildman–Crippen LogP) is 0.905. The lowest BCUT2D eigenvalue weighted by atomic mass is 10.5. The van der Waals surface area contributed by atoms with E-state index < -0.39 is 0 Å². The second-order valence-electron chi connectivity index (χ2n) is 1.55. The van der Waals surface area contributed by atoms with Gasteiger partial charge in [0.2, 0.25) is 0 Å². The first-order valence-corrected chi connectivity index (χ1v) is 4.76. The van der Waals surface area contributed by atoms with E-state index in [4.69, 9.17) is 12.2 Å². The van der Waals surface area contributed by atoms with Gasteiger partial charge in [0.05, 0.1) is 0 Å². The molecule has 0 aromatic heterocycles. The summed E-state index contributed by atoms with van der Waals surface area (Å²) in [5.74, 6) is 0. The number of alkyl halides is 1. The topological polar surface area (TPSA) is 24.1 Å². The second-order valence-corrected chi connectivity index (χ2v) is 3.04. The third-order valence-electron chi connectivity index (χ3n) is 0.823. The zero-order chi connectivity index (χ0) is 7.11. The summed E-state index contributed by atoms with van der Waals surface area (Å²) in [4.78, 5) is 0. The minimum absolute atomic E-state index is 0.736. The number of thiocarbonyl (C=S) groups is 1. The van der Waals surface area contributed by atoms with Crippen LogP contribution < -0.4 is 10.6 Å². The van der Waals surface area contributed by atoms with Crippen molar-refractivity contribution in [2.75, 3.05) is 18.0 Å². The molecule has 54 valence electrons. The van der Waals surface area contributed by atoms with Crippen molar-refractivity contribution >= 4 is 39.9 Å². The van der Waals surface area contributed by atoms with Gasteiger partial charge in [-0.05, 0) is 18.6 Å². The van der Waals surface area contributed by atoms with Gasteiger partial charge in [-0.15, -0.1) is 0 Å². The second kappa shape index (κ2) is 6.54. The highest BCUT2D eigenvalue weighted by molar-refractivity contribution is 14.1. The molecule has 0 amide bonds. The molecular formula is C5H11IN2S. The van der Waals surface area contributed by atoms with E-state index in [1.54, 1.807) is 0 Å². The van der Waals surface area contributed by atoms with E-state index >= 15 is 0 Å². The first kappa shape index (κ1) is 9.42. The largest absolute Gasteiger partial charge is 0.366 e. The van der Waals surface area contributed by atoms with Gasteiger partial charge in [0.1, 0.15) is 0 Å². The van der Waals surface area contributed by atoms with Gasteiger partial charge in [-0.2, -0.15) is 0 Å². The van der Waals surface area contributed by atoms with Crippen LogP contribution in [0.15, 0.2) is 0 Å². The van der Waals surface area contributed by atoms with Crippen molar-refractivity contribution < 1.29 is 0 Å². The molecule has 0 aliphatic heterocycles. The number of hydrogen-bond donors (Lipinski definition) is 2. The number of hydrogen-bond acceptors (Lipinski definition) is 1. The van der Waals surface area contributed by atoms with Gasteiger partial charge in [-0.1, -0.05) is 22.6 Å². The van der Waals surface area contributed by atoms with E-state index in [0.29, 0.717) is 0 Å². The maximum Gasteiger partial charge on any atom is 0.166 e. The van der Waals surface area contributed by atoms with Crippen molar-refractivity contribution in [1.82, 2.24) is 10.6 Å². The van der Waals surface area contributed by atoms with E-state index in [-0.39, 0.29) is 0 Å². The molecule has 0 saturated carbocycles. The average Bonchev–Trinajstić information content (AvgIpc) is 1.89. The molecule has 0 saturated heterocycles. The molecule has 9 heavy (non-hydrogen) atoms. The van der Waals surface area contributed by atoms with Gasteiger partial charge in [0.25, 0.3) is 0 Å². The van der Waals surface area contributed by atoms with Gasteiger partial charge in [0, 0.05) is 18.0 Å². The lowest BCUT2D eigenvalue weighted by molar-refractivity contribution is 0.841. The number of halogens is 1. The molecule has 4 heteroatoms. The zero-order valence-electron chi connectivity index (χ0n) is 5.41. The summed E-state index contributed by atoms with van der Waals surface area (Å²) in [5.41, 5.74) is 0. The van der Waals surface area contributed by atoms with Crippen LogP contribution in [0, 0.1) is 0 Å². The first-order chi connectivity index (χ1) is 4.31. The molecule has 0 atom stereocenters. The normalized spacial score (nSPS) is 8.67. The first-order valence-electron chi connectivity index (χ1n) is 2.82. The van der Waals surface area contributed by atoms with Gasteiger partial charge < -0.3 is 10.6 Å².